The Bertz CT molecular complexity index is 496. The Labute approximate surface area is 124 Å². The third kappa shape index (κ3) is 3.94. The SMILES string of the molecule is CSCC(C)N(C)C(=O)c1ccc(Br)c([N+](=O)[O-])c1. The molecule has 0 N–H and O–H groups in total. The van der Waals surface area contributed by atoms with Gasteiger partial charge in [0.25, 0.3) is 11.6 Å². The van der Waals surface area contributed by atoms with Crippen molar-refractivity contribution in [2.45, 2.75) is 13.0 Å². The minimum absolute atomic E-state index is 0.0743. The van der Waals surface area contributed by atoms with Crippen LogP contribution in [0.4, 0.5) is 5.69 Å². The van der Waals surface area contributed by atoms with Gasteiger partial charge in [-0.25, -0.2) is 0 Å². The first-order chi connectivity index (χ1) is 8.88. The van der Waals surface area contributed by atoms with E-state index in [-0.39, 0.29) is 17.6 Å². The van der Waals surface area contributed by atoms with Crippen molar-refractivity contribution >= 4 is 39.3 Å². The van der Waals surface area contributed by atoms with Crippen molar-refractivity contribution in [3.8, 4) is 0 Å². The van der Waals surface area contributed by atoms with E-state index in [9.17, 15) is 14.9 Å². The Morgan fingerprint density at radius 3 is 2.74 bits per heavy atom. The van der Waals surface area contributed by atoms with Crippen molar-refractivity contribution < 1.29 is 9.72 Å². The molecule has 0 heterocycles. The van der Waals surface area contributed by atoms with E-state index < -0.39 is 4.92 Å². The van der Waals surface area contributed by atoms with Crippen LogP contribution in [0.25, 0.3) is 0 Å². The smallest absolute Gasteiger partial charge is 0.284 e. The Morgan fingerprint density at radius 1 is 1.58 bits per heavy atom. The number of carbonyl (C=O) groups is 1. The molecule has 1 unspecified atom stereocenters. The molecule has 1 aromatic rings. The molecular formula is C12H15BrN2O3S. The normalized spacial score (nSPS) is 12.0. The molecule has 104 valence electrons. The molecule has 19 heavy (non-hydrogen) atoms. The van der Waals surface area contributed by atoms with Crippen LogP contribution in [0.3, 0.4) is 0 Å². The number of nitro groups is 1. The van der Waals surface area contributed by atoms with Gasteiger partial charge in [-0.05, 0) is 41.2 Å². The van der Waals surface area contributed by atoms with Crippen LogP contribution in [0, 0.1) is 10.1 Å². The number of carbonyl (C=O) groups excluding carboxylic acids is 1. The van der Waals surface area contributed by atoms with Crippen LogP contribution in [0.2, 0.25) is 0 Å². The monoisotopic (exact) mass is 346 g/mol. The Morgan fingerprint density at radius 2 is 2.21 bits per heavy atom. The number of nitro benzene ring substituents is 1. The average Bonchev–Trinajstić information content (AvgIpc) is 2.37. The Hall–Kier alpha value is -1.08. The van der Waals surface area contributed by atoms with Gasteiger partial charge in [-0.15, -0.1) is 0 Å². The third-order valence-electron chi connectivity index (χ3n) is 2.78. The summed E-state index contributed by atoms with van der Waals surface area (Å²) in [4.78, 5) is 24.2. The highest BCUT2D eigenvalue weighted by Crippen LogP contribution is 2.26. The second-order valence-corrected chi connectivity index (χ2v) is 5.91. The van der Waals surface area contributed by atoms with Crippen molar-refractivity contribution in [3.05, 3.63) is 38.3 Å². The zero-order chi connectivity index (χ0) is 14.6. The molecule has 0 saturated carbocycles. The molecule has 0 radical (unpaired) electrons. The number of amides is 1. The second-order valence-electron chi connectivity index (χ2n) is 4.14. The van der Waals surface area contributed by atoms with Gasteiger partial charge in [0.15, 0.2) is 0 Å². The van der Waals surface area contributed by atoms with Gasteiger partial charge in [-0.1, -0.05) is 0 Å². The maximum Gasteiger partial charge on any atom is 0.284 e. The highest BCUT2D eigenvalue weighted by Gasteiger charge is 2.20. The molecule has 7 heteroatoms. The maximum absolute atomic E-state index is 12.2. The van der Waals surface area contributed by atoms with Crippen LogP contribution in [0.15, 0.2) is 22.7 Å². The number of halogens is 1. The summed E-state index contributed by atoms with van der Waals surface area (Å²) in [5.74, 6) is 0.609. The first kappa shape index (κ1) is 16.0. The largest absolute Gasteiger partial charge is 0.338 e. The topological polar surface area (TPSA) is 63.5 Å². The molecule has 5 nitrogen and oxygen atoms in total. The van der Waals surface area contributed by atoms with E-state index in [0.29, 0.717) is 10.0 Å². The van der Waals surface area contributed by atoms with E-state index in [2.05, 4.69) is 15.9 Å². The number of hydrogen-bond donors (Lipinski definition) is 0. The van der Waals surface area contributed by atoms with E-state index in [1.165, 1.54) is 12.1 Å². The van der Waals surface area contributed by atoms with Gasteiger partial charge in [-0.3, -0.25) is 14.9 Å². The lowest BCUT2D eigenvalue weighted by Gasteiger charge is -2.24. The second kappa shape index (κ2) is 6.91. The van der Waals surface area contributed by atoms with Gasteiger partial charge in [0.05, 0.1) is 9.40 Å². The van der Waals surface area contributed by atoms with E-state index in [1.807, 2.05) is 13.2 Å². The van der Waals surface area contributed by atoms with Crippen LogP contribution < -0.4 is 0 Å². The molecule has 0 aromatic heterocycles. The molecular weight excluding hydrogens is 332 g/mol. The molecule has 0 bridgehead atoms. The van der Waals surface area contributed by atoms with E-state index in [0.717, 1.165) is 5.75 Å². The standard InChI is InChI=1S/C12H15BrN2O3S/c1-8(7-19-3)14(2)12(16)9-4-5-10(13)11(6-9)15(17)18/h4-6,8H,7H2,1-3H3. The minimum atomic E-state index is -0.508. The first-order valence-electron chi connectivity index (χ1n) is 5.58. The average molecular weight is 347 g/mol. The molecule has 1 rings (SSSR count). The zero-order valence-electron chi connectivity index (χ0n) is 10.9. The van der Waals surface area contributed by atoms with E-state index in [1.54, 1.807) is 29.8 Å². The number of rotatable bonds is 5. The lowest BCUT2D eigenvalue weighted by molar-refractivity contribution is -0.385. The predicted octanol–water partition coefficient (Wildman–Crippen LogP) is 3.18. The summed E-state index contributed by atoms with van der Waals surface area (Å²) in [6.07, 6.45) is 1.97. The third-order valence-corrected chi connectivity index (χ3v) is 4.27. The van der Waals surface area contributed by atoms with Crippen molar-refractivity contribution in [1.82, 2.24) is 4.90 Å². The van der Waals surface area contributed by atoms with E-state index in [4.69, 9.17) is 0 Å². The lowest BCUT2D eigenvalue weighted by Crippen LogP contribution is -2.36. The number of benzene rings is 1. The van der Waals surface area contributed by atoms with Gasteiger partial charge < -0.3 is 4.90 Å². The Balaban J connectivity index is 3.00. The Kier molecular flexibility index (Phi) is 5.81. The van der Waals surface area contributed by atoms with Crippen molar-refractivity contribution in [2.75, 3.05) is 19.1 Å². The van der Waals surface area contributed by atoms with Gasteiger partial charge in [0.2, 0.25) is 0 Å². The number of hydrogen-bond acceptors (Lipinski definition) is 4. The molecule has 0 aliphatic rings. The van der Waals surface area contributed by atoms with Crippen molar-refractivity contribution in [1.29, 1.82) is 0 Å². The van der Waals surface area contributed by atoms with Crippen molar-refractivity contribution in [3.63, 3.8) is 0 Å². The summed E-state index contributed by atoms with van der Waals surface area (Å²) < 4.78 is 0.369. The van der Waals surface area contributed by atoms with Crippen LogP contribution >= 0.6 is 27.7 Å². The zero-order valence-corrected chi connectivity index (χ0v) is 13.3. The quantitative estimate of drug-likeness (QED) is 0.606. The van der Waals surface area contributed by atoms with Crippen LogP contribution in [0.5, 0.6) is 0 Å². The fraction of sp³-hybridized carbons (Fsp3) is 0.417. The highest BCUT2D eigenvalue weighted by molar-refractivity contribution is 9.10. The van der Waals surface area contributed by atoms with Crippen LogP contribution in [0.1, 0.15) is 17.3 Å². The molecule has 1 amide bonds. The number of nitrogens with zero attached hydrogens (tertiary/aromatic N) is 2. The summed E-state index contributed by atoms with van der Waals surface area (Å²) in [6, 6.07) is 4.49. The molecule has 1 atom stereocenters. The lowest BCUT2D eigenvalue weighted by atomic mass is 10.1. The fourth-order valence-corrected chi connectivity index (χ4v) is 2.64. The highest BCUT2D eigenvalue weighted by atomic mass is 79.9. The van der Waals surface area contributed by atoms with Gasteiger partial charge in [0, 0.05) is 30.5 Å². The van der Waals surface area contributed by atoms with Gasteiger partial charge >= 0.3 is 0 Å². The number of thioether (sulfide) groups is 1. The minimum Gasteiger partial charge on any atom is -0.338 e. The summed E-state index contributed by atoms with van der Waals surface area (Å²) >= 11 is 4.75. The van der Waals surface area contributed by atoms with Gasteiger partial charge in [-0.2, -0.15) is 11.8 Å². The summed E-state index contributed by atoms with van der Waals surface area (Å²) in [5, 5.41) is 10.9. The molecule has 0 fully saturated rings. The molecule has 0 spiro atoms. The van der Waals surface area contributed by atoms with E-state index >= 15 is 0 Å². The molecule has 0 aliphatic carbocycles. The fourth-order valence-electron chi connectivity index (χ4n) is 1.54. The summed E-state index contributed by atoms with van der Waals surface area (Å²) in [5.41, 5.74) is 0.224. The maximum atomic E-state index is 12.2. The summed E-state index contributed by atoms with van der Waals surface area (Å²) in [7, 11) is 1.71. The molecule has 0 saturated heterocycles. The molecule has 1 aromatic carbocycles. The van der Waals surface area contributed by atoms with Crippen LogP contribution in [-0.2, 0) is 0 Å². The van der Waals surface area contributed by atoms with Crippen LogP contribution in [-0.4, -0.2) is 40.8 Å². The first-order valence-corrected chi connectivity index (χ1v) is 7.77. The molecule has 0 aliphatic heterocycles. The van der Waals surface area contributed by atoms with Gasteiger partial charge in [0.1, 0.15) is 0 Å². The summed E-state index contributed by atoms with van der Waals surface area (Å²) in [6.45, 7) is 1.95. The predicted molar refractivity (Wildman–Crippen MR) is 80.7 cm³/mol. The van der Waals surface area contributed by atoms with Crippen molar-refractivity contribution in [2.24, 2.45) is 0 Å².